The zero-order valence-corrected chi connectivity index (χ0v) is 17.4. The Morgan fingerprint density at radius 2 is 2.00 bits per heavy atom. The molecule has 5 N–H and O–H groups in total. The van der Waals surface area contributed by atoms with Crippen LogP contribution in [0.2, 0.25) is 0 Å². The highest BCUT2D eigenvalue weighted by molar-refractivity contribution is 9.10. The molecule has 1 aliphatic carbocycles. The molecule has 5 rings (SSSR count). The second-order valence-electron chi connectivity index (χ2n) is 7.60. The van der Waals surface area contributed by atoms with Crippen LogP contribution in [0, 0.1) is 5.92 Å². The van der Waals surface area contributed by atoms with E-state index in [-0.39, 0.29) is 36.2 Å². The van der Waals surface area contributed by atoms with Gasteiger partial charge in [0.05, 0.1) is 5.39 Å². The number of piperidine rings is 1. The second-order valence-corrected chi connectivity index (χ2v) is 8.41. The number of carbonyl (C=O) groups is 2. The molecule has 3 aromatic rings. The summed E-state index contributed by atoms with van der Waals surface area (Å²) < 4.78 is 2.31. The predicted octanol–water partition coefficient (Wildman–Crippen LogP) is 1.38. The summed E-state index contributed by atoms with van der Waals surface area (Å²) in [5.41, 5.74) is 12.1. The van der Waals surface area contributed by atoms with Gasteiger partial charge in [0, 0.05) is 12.2 Å². The van der Waals surface area contributed by atoms with Crippen LogP contribution in [0.25, 0.3) is 11.0 Å². The molecule has 1 aliphatic heterocycles. The first-order valence-corrected chi connectivity index (χ1v) is 10.3. The van der Waals surface area contributed by atoms with Gasteiger partial charge in [-0.1, -0.05) is 6.07 Å². The highest BCUT2D eigenvalue weighted by atomic mass is 79.9. The lowest BCUT2D eigenvalue weighted by Crippen LogP contribution is -2.46. The maximum Gasteiger partial charge on any atom is 0.248 e. The minimum atomic E-state index is -0.520. The van der Waals surface area contributed by atoms with Crippen molar-refractivity contribution in [2.45, 2.75) is 31.5 Å². The molecule has 2 fully saturated rings. The van der Waals surface area contributed by atoms with Gasteiger partial charge >= 0.3 is 0 Å². The molecule has 3 aromatic heterocycles. The molecule has 0 bridgehead atoms. The summed E-state index contributed by atoms with van der Waals surface area (Å²) in [5, 5.41) is 3.46. The van der Waals surface area contributed by atoms with Crippen molar-refractivity contribution < 1.29 is 9.59 Å². The Bertz CT molecular complexity index is 1180. The summed E-state index contributed by atoms with van der Waals surface area (Å²) in [6.07, 6.45) is 3.32. The van der Waals surface area contributed by atoms with E-state index in [4.69, 9.17) is 11.5 Å². The fourth-order valence-electron chi connectivity index (χ4n) is 4.20. The number of nitrogens with one attached hydrogen (secondary N) is 1. The molecule has 0 aromatic carbocycles. The molecule has 3 atom stereocenters. The molecule has 2 aliphatic rings. The number of nitrogen functional groups attached to an aromatic ring is 2. The smallest absolute Gasteiger partial charge is 0.248 e. The average Bonchev–Trinajstić information content (AvgIpc) is 3.16. The maximum atomic E-state index is 13.2. The molecule has 4 heterocycles. The van der Waals surface area contributed by atoms with E-state index < -0.39 is 6.04 Å². The molecule has 2 amide bonds. The van der Waals surface area contributed by atoms with Crippen LogP contribution in [0.5, 0.6) is 0 Å². The van der Waals surface area contributed by atoms with Gasteiger partial charge in [0.2, 0.25) is 17.8 Å². The van der Waals surface area contributed by atoms with Crippen molar-refractivity contribution in [1.29, 1.82) is 0 Å². The molecule has 30 heavy (non-hydrogen) atoms. The first kappa shape index (κ1) is 18.8. The number of hydrogen-bond acceptors (Lipinski definition) is 7. The van der Waals surface area contributed by atoms with Gasteiger partial charge in [-0.25, -0.2) is 4.98 Å². The summed E-state index contributed by atoms with van der Waals surface area (Å²) in [4.78, 5) is 40.2. The number of carbonyl (C=O) groups excluding carboxylic acids is 2. The number of rotatable bonds is 4. The van der Waals surface area contributed by atoms with Crippen LogP contribution in [0.4, 0.5) is 17.6 Å². The van der Waals surface area contributed by atoms with Crippen LogP contribution >= 0.6 is 15.9 Å². The Hall–Kier alpha value is -3.21. The zero-order valence-electron chi connectivity index (χ0n) is 15.8. The molecule has 154 valence electrons. The van der Waals surface area contributed by atoms with Gasteiger partial charge in [-0.15, -0.1) is 0 Å². The fraction of sp³-hybridized carbons (Fsp3) is 0.316. The number of pyridine rings is 1. The summed E-state index contributed by atoms with van der Waals surface area (Å²) >= 11 is 3.29. The number of likely N-dealkylation sites (tertiary alicyclic amines) is 1. The van der Waals surface area contributed by atoms with Crippen molar-refractivity contribution in [2.75, 3.05) is 16.8 Å². The highest BCUT2D eigenvalue weighted by Crippen LogP contribution is 2.48. The van der Waals surface area contributed by atoms with Crippen molar-refractivity contribution in [3.8, 4) is 0 Å². The largest absolute Gasteiger partial charge is 0.383 e. The lowest BCUT2D eigenvalue weighted by Gasteiger charge is -2.27. The van der Waals surface area contributed by atoms with Crippen molar-refractivity contribution in [1.82, 2.24) is 24.4 Å². The third kappa shape index (κ3) is 3.24. The van der Waals surface area contributed by atoms with E-state index in [9.17, 15) is 9.59 Å². The Balaban J connectivity index is 1.36. The van der Waals surface area contributed by atoms with Crippen LogP contribution in [-0.2, 0) is 16.1 Å². The maximum absolute atomic E-state index is 13.2. The van der Waals surface area contributed by atoms with E-state index >= 15 is 0 Å². The molecule has 10 nitrogen and oxygen atoms in total. The van der Waals surface area contributed by atoms with Gasteiger partial charge in [0.15, 0.2) is 0 Å². The molecular formula is C19H19BrN8O2. The van der Waals surface area contributed by atoms with Crippen molar-refractivity contribution >= 4 is 56.4 Å². The van der Waals surface area contributed by atoms with Crippen molar-refractivity contribution in [3.63, 3.8) is 0 Å². The topological polar surface area (TPSA) is 145 Å². The standard InChI is InChI=1S/C19H19BrN8O2/c20-13-2-1-3-14(23-13)24-18(30)12-7-9-6-11(9)28(12)15(29)8-27-5-4-10-16(21)25-19(22)26-17(10)27/h1-5,9,11-12H,6-8H2,(H,23,24,30)(H4,21,22,25,26). The number of nitrogens with two attached hydrogens (primary N) is 2. The van der Waals surface area contributed by atoms with Crippen LogP contribution in [-0.4, -0.2) is 48.3 Å². The van der Waals surface area contributed by atoms with Gasteiger partial charge in [0.1, 0.15) is 34.5 Å². The first-order valence-electron chi connectivity index (χ1n) is 9.53. The van der Waals surface area contributed by atoms with Crippen LogP contribution in [0.3, 0.4) is 0 Å². The lowest BCUT2D eigenvalue weighted by molar-refractivity contribution is -0.138. The van der Waals surface area contributed by atoms with Gasteiger partial charge in [-0.05, 0) is 52.9 Å². The lowest BCUT2D eigenvalue weighted by atomic mass is 10.1. The Labute approximate surface area is 179 Å². The first-order chi connectivity index (χ1) is 14.4. The number of fused-ring (bicyclic) bond motifs is 2. The van der Waals surface area contributed by atoms with E-state index in [1.807, 2.05) is 0 Å². The van der Waals surface area contributed by atoms with Gasteiger partial charge in [-0.2, -0.15) is 9.97 Å². The Morgan fingerprint density at radius 1 is 1.17 bits per heavy atom. The van der Waals surface area contributed by atoms with E-state index in [0.29, 0.717) is 33.8 Å². The van der Waals surface area contributed by atoms with Gasteiger partial charge < -0.3 is 26.3 Å². The monoisotopic (exact) mass is 470 g/mol. The number of nitrogens with zero attached hydrogens (tertiary/aromatic N) is 5. The third-order valence-electron chi connectivity index (χ3n) is 5.63. The van der Waals surface area contributed by atoms with Crippen molar-refractivity contribution in [3.05, 3.63) is 35.1 Å². The molecule has 3 unspecified atom stereocenters. The van der Waals surface area contributed by atoms with Gasteiger partial charge in [0.25, 0.3) is 0 Å². The summed E-state index contributed by atoms with van der Waals surface area (Å²) in [6, 6.07) is 6.62. The van der Waals surface area contributed by atoms with E-state index in [1.165, 1.54) is 0 Å². The number of halogens is 1. The minimum Gasteiger partial charge on any atom is -0.383 e. The number of aromatic nitrogens is 4. The minimum absolute atomic E-state index is 0.0432. The van der Waals surface area contributed by atoms with Crippen LogP contribution in [0.1, 0.15) is 12.8 Å². The van der Waals surface area contributed by atoms with Crippen LogP contribution < -0.4 is 16.8 Å². The number of hydrogen-bond donors (Lipinski definition) is 3. The average molecular weight is 471 g/mol. The number of amides is 2. The zero-order chi connectivity index (χ0) is 21.0. The fourth-order valence-corrected chi connectivity index (χ4v) is 4.54. The molecule has 11 heteroatoms. The third-order valence-corrected chi connectivity index (χ3v) is 6.07. The predicted molar refractivity (Wildman–Crippen MR) is 114 cm³/mol. The summed E-state index contributed by atoms with van der Waals surface area (Å²) in [7, 11) is 0. The van der Waals surface area contributed by atoms with E-state index in [2.05, 4.69) is 36.2 Å². The van der Waals surface area contributed by atoms with E-state index in [1.54, 1.807) is 39.9 Å². The molecular weight excluding hydrogens is 452 g/mol. The highest BCUT2D eigenvalue weighted by Gasteiger charge is 2.56. The van der Waals surface area contributed by atoms with Crippen molar-refractivity contribution in [2.24, 2.45) is 5.92 Å². The Kier molecular flexibility index (Phi) is 4.35. The molecule has 1 saturated heterocycles. The molecule has 0 radical (unpaired) electrons. The molecule has 1 saturated carbocycles. The Morgan fingerprint density at radius 3 is 2.80 bits per heavy atom. The van der Waals surface area contributed by atoms with E-state index in [0.717, 1.165) is 6.42 Å². The van der Waals surface area contributed by atoms with Gasteiger partial charge in [-0.3, -0.25) is 9.59 Å². The second kappa shape index (κ2) is 6.94. The normalized spacial score (nSPS) is 22.2. The van der Waals surface area contributed by atoms with Crippen LogP contribution in [0.15, 0.2) is 35.1 Å². The summed E-state index contributed by atoms with van der Waals surface area (Å²) in [6.45, 7) is 0.0432. The molecule has 0 spiro atoms. The quantitative estimate of drug-likeness (QED) is 0.488. The number of anilines is 3. The summed E-state index contributed by atoms with van der Waals surface area (Å²) in [5.74, 6) is 0.766. The SMILES string of the molecule is Nc1nc(N)c2ccn(CC(=O)N3C(C(=O)Nc4cccc(Br)n4)CC4CC43)c2n1.